The molecule has 0 aliphatic heterocycles. The Labute approximate surface area is 103 Å². The zero-order chi connectivity index (χ0) is 13.4. The van der Waals surface area contributed by atoms with E-state index in [1.807, 2.05) is 6.07 Å². The highest BCUT2D eigenvalue weighted by Gasteiger charge is 2.19. The van der Waals surface area contributed by atoms with Crippen LogP contribution in [0.2, 0.25) is 0 Å². The molecule has 0 bridgehead atoms. The highest BCUT2D eigenvalue weighted by atomic mass is 16.4. The Morgan fingerprint density at radius 2 is 2.06 bits per heavy atom. The van der Waals surface area contributed by atoms with Crippen molar-refractivity contribution >= 4 is 11.9 Å². The fourth-order valence-electron chi connectivity index (χ4n) is 1.39. The van der Waals surface area contributed by atoms with Crippen LogP contribution in [0.3, 0.4) is 0 Å². The number of carboxylic acid groups (broad SMARTS) is 1. The maximum Gasteiger partial charge on any atom is 0.326 e. The van der Waals surface area contributed by atoms with Gasteiger partial charge in [-0.3, -0.25) is 4.79 Å². The van der Waals surface area contributed by atoms with Gasteiger partial charge < -0.3 is 10.4 Å². The molecule has 1 rings (SSSR count). The second kappa shape index (κ2) is 6.93. The van der Waals surface area contributed by atoms with Crippen LogP contribution < -0.4 is 5.32 Å². The van der Waals surface area contributed by atoms with Crippen molar-refractivity contribution in [3.8, 4) is 0 Å². The van der Waals surface area contributed by atoms with Gasteiger partial charge in [0, 0.05) is 11.3 Å². The lowest BCUT2D eigenvalue weighted by atomic mass is 10.1. The van der Waals surface area contributed by atoms with Crippen molar-refractivity contribution in [1.29, 1.82) is 0 Å². The number of aliphatic carboxylic acids is 1. The minimum Gasteiger partial charge on any atom is -0.480 e. The number of benzene rings is 1. The van der Waals surface area contributed by atoms with E-state index < -0.39 is 24.5 Å². The van der Waals surface area contributed by atoms with Crippen LogP contribution >= 0.6 is 0 Å². The molecule has 94 valence electrons. The van der Waals surface area contributed by atoms with Crippen LogP contribution in [0.25, 0.3) is 10.4 Å². The molecule has 0 spiro atoms. The van der Waals surface area contributed by atoms with Gasteiger partial charge in [0.1, 0.15) is 12.6 Å². The van der Waals surface area contributed by atoms with Crippen LogP contribution in [0.15, 0.2) is 35.4 Å². The summed E-state index contributed by atoms with van der Waals surface area (Å²) in [5.41, 5.74) is 8.86. The van der Waals surface area contributed by atoms with E-state index in [0.717, 1.165) is 5.56 Å². The molecule has 0 saturated heterocycles. The summed E-state index contributed by atoms with van der Waals surface area (Å²) < 4.78 is 0. The predicted molar refractivity (Wildman–Crippen MR) is 63.7 cm³/mol. The topological polar surface area (TPSA) is 115 Å². The van der Waals surface area contributed by atoms with Gasteiger partial charge in [-0.15, -0.1) is 0 Å². The Hall–Kier alpha value is -2.53. The number of carboxylic acids is 1. The summed E-state index contributed by atoms with van der Waals surface area (Å²) in [5, 5.41) is 14.4. The lowest BCUT2D eigenvalue weighted by Crippen LogP contribution is -2.43. The Morgan fingerprint density at radius 1 is 1.39 bits per heavy atom. The Morgan fingerprint density at radius 3 is 2.61 bits per heavy atom. The Kier molecular flexibility index (Phi) is 5.21. The summed E-state index contributed by atoms with van der Waals surface area (Å²) in [4.78, 5) is 24.7. The van der Waals surface area contributed by atoms with Gasteiger partial charge in [0.25, 0.3) is 0 Å². The van der Waals surface area contributed by atoms with Gasteiger partial charge in [-0.25, -0.2) is 4.79 Å². The van der Waals surface area contributed by atoms with Gasteiger partial charge in [-0.05, 0) is 11.1 Å². The Bertz CT molecular complexity index is 468. The molecule has 1 amide bonds. The SMILES string of the molecule is [N-]=[N+]=NCC(=O)N[C@@H](Cc1ccccc1)C(=O)O. The zero-order valence-electron chi connectivity index (χ0n) is 9.48. The predicted octanol–water partition coefficient (Wildman–Crippen LogP) is 1.11. The third-order valence-corrected chi connectivity index (χ3v) is 2.19. The minimum absolute atomic E-state index is 0.179. The summed E-state index contributed by atoms with van der Waals surface area (Å²) in [6.45, 7) is -0.408. The third kappa shape index (κ3) is 4.54. The summed E-state index contributed by atoms with van der Waals surface area (Å²) in [7, 11) is 0. The van der Waals surface area contributed by atoms with Crippen molar-refractivity contribution in [3.63, 3.8) is 0 Å². The fraction of sp³-hybridized carbons (Fsp3) is 0.273. The van der Waals surface area contributed by atoms with Crippen molar-refractivity contribution in [2.24, 2.45) is 5.11 Å². The lowest BCUT2D eigenvalue weighted by Gasteiger charge is -2.13. The molecular formula is C11H12N4O3. The molecule has 0 fully saturated rings. The van der Waals surface area contributed by atoms with Gasteiger partial charge in [-0.2, -0.15) is 0 Å². The molecule has 2 N–H and O–H groups in total. The first-order valence-electron chi connectivity index (χ1n) is 5.20. The number of carbonyl (C=O) groups excluding carboxylic acids is 1. The number of nitrogens with zero attached hydrogens (tertiary/aromatic N) is 3. The van der Waals surface area contributed by atoms with E-state index in [4.69, 9.17) is 10.6 Å². The molecule has 0 heterocycles. The maximum absolute atomic E-state index is 11.3. The lowest BCUT2D eigenvalue weighted by molar-refractivity contribution is -0.141. The molecule has 0 radical (unpaired) electrons. The van der Waals surface area contributed by atoms with Crippen LogP contribution in [-0.4, -0.2) is 29.6 Å². The molecule has 0 aliphatic carbocycles. The summed E-state index contributed by atoms with van der Waals surface area (Å²) >= 11 is 0. The van der Waals surface area contributed by atoms with Gasteiger partial charge in [0.15, 0.2) is 0 Å². The quantitative estimate of drug-likeness (QED) is 0.446. The van der Waals surface area contributed by atoms with Crippen LogP contribution in [0, 0.1) is 0 Å². The molecule has 0 aliphatic rings. The van der Waals surface area contributed by atoms with Gasteiger partial charge >= 0.3 is 5.97 Å². The van der Waals surface area contributed by atoms with Crippen LogP contribution in [0.4, 0.5) is 0 Å². The summed E-state index contributed by atoms with van der Waals surface area (Å²) in [6.07, 6.45) is 0.179. The van der Waals surface area contributed by atoms with Crippen molar-refractivity contribution < 1.29 is 14.7 Å². The monoisotopic (exact) mass is 248 g/mol. The molecule has 7 heteroatoms. The van der Waals surface area contributed by atoms with Crippen molar-refractivity contribution in [2.45, 2.75) is 12.5 Å². The summed E-state index contributed by atoms with van der Waals surface area (Å²) in [5.74, 6) is -1.75. The standard InChI is InChI=1S/C11H12N4O3/c12-15-13-7-10(16)14-9(11(17)18)6-8-4-2-1-3-5-8/h1-5,9H,6-7H2,(H,14,16)(H,17,18)/t9-/m0/s1. The van der Waals surface area contributed by atoms with Gasteiger partial charge in [0.2, 0.25) is 5.91 Å². The minimum atomic E-state index is -1.13. The van der Waals surface area contributed by atoms with Crippen LogP contribution in [-0.2, 0) is 16.0 Å². The second-order valence-electron chi connectivity index (χ2n) is 3.54. The molecule has 1 atom stereocenters. The zero-order valence-corrected chi connectivity index (χ0v) is 9.48. The molecule has 0 unspecified atom stereocenters. The number of amides is 1. The van der Waals surface area contributed by atoms with Crippen molar-refractivity contribution in [1.82, 2.24) is 5.32 Å². The number of nitrogens with one attached hydrogen (secondary N) is 1. The largest absolute Gasteiger partial charge is 0.480 e. The molecule has 18 heavy (non-hydrogen) atoms. The number of hydrogen-bond acceptors (Lipinski definition) is 3. The fourth-order valence-corrected chi connectivity index (χ4v) is 1.39. The number of carbonyl (C=O) groups is 2. The maximum atomic E-state index is 11.3. The highest BCUT2D eigenvalue weighted by molar-refractivity contribution is 5.84. The summed E-state index contributed by atoms with van der Waals surface area (Å²) in [6, 6.07) is 7.91. The normalized spacial score (nSPS) is 11.1. The first-order chi connectivity index (χ1) is 8.63. The molecule has 1 aromatic carbocycles. The average molecular weight is 248 g/mol. The molecule has 0 saturated carbocycles. The van der Waals surface area contributed by atoms with E-state index in [-0.39, 0.29) is 6.42 Å². The van der Waals surface area contributed by atoms with Crippen LogP contribution in [0.1, 0.15) is 5.56 Å². The molecular weight excluding hydrogens is 236 g/mol. The Balaban J connectivity index is 2.63. The smallest absolute Gasteiger partial charge is 0.326 e. The number of azide groups is 1. The van der Waals surface area contributed by atoms with Gasteiger partial charge in [0.05, 0.1) is 0 Å². The van der Waals surface area contributed by atoms with Crippen molar-refractivity contribution in [2.75, 3.05) is 6.54 Å². The van der Waals surface area contributed by atoms with Crippen molar-refractivity contribution in [3.05, 3.63) is 46.3 Å². The number of hydrogen-bond donors (Lipinski definition) is 2. The highest BCUT2D eigenvalue weighted by Crippen LogP contribution is 2.03. The van der Waals surface area contributed by atoms with Crippen LogP contribution in [0.5, 0.6) is 0 Å². The van der Waals surface area contributed by atoms with E-state index in [1.165, 1.54) is 0 Å². The van der Waals surface area contributed by atoms with E-state index in [1.54, 1.807) is 24.3 Å². The average Bonchev–Trinajstić information content (AvgIpc) is 2.36. The van der Waals surface area contributed by atoms with E-state index in [2.05, 4.69) is 15.3 Å². The van der Waals surface area contributed by atoms with Gasteiger partial charge in [-0.1, -0.05) is 35.4 Å². The molecule has 1 aromatic rings. The van der Waals surface area contributed by atoms with E-state index >= 15 is 0 Å². The molecule has 7 nitrogen and oxygen atoms in total. The third-order valence-electron chi connectivity index (χ3n) is 2.19. The van der Waals surface area contributed by atoms with E-state index in [0.29, 0.717) is 0 Å². The van der Waals surface area contributed by atoms with E-state index in [9.17, 15) is 9.59 Å². The number of rotatable bonds is 6. The second-order valence-corrected chi connectivity index (χ2v) is 3.54. The first kappa shape index (κ1) is 13.5. The molecule has 0 aromatic heterocycles. The first-order valence-corrected chi connectivity index (χ1v) is 5.20.